The molecule has 5 heteroatoms. The molecule has 2 unspecified atom stereocenters. The molecule has 0 aromatic carbocycles. The second kappa shape index (κ2) is 5.98. The van der Waals surface area contributed by atoms with Crippen LogP contribution in [0, 0.1) is 0 Å². The quantitative estimate of drug-likeness (QED) is 0.713. The topological polar surface area (TPSA) is 67.3 Å². The largest absolute Gasteiger partial charge is 0.395 e. The zero-order valence-electron chi connectivity index (χ0n) is 10.3. The highest BCUT2D eigenvalue weighted by Gasteiger charge is 2.20. The summed E-state index contributed by atoms with van der Waals surface area (Å²) in [5, 5.41) is 13.5. The molecule has 0 saturated heterocycles. The van der Waals surface area contributed by atoms with E-state index in [2.05, 4.69) is 10.00 Å². The van der Waals surface area contributed by atoms with Crippen LogP contribution in [-0.2, 0) is 13.6 Å². The van der Waals surface area contributed by atoms with Crippen molar-refractivity contribution in [3.8, 4) is 0 Å². The maximum Gasteiger partial charge on any atom is 0.0601 e. The van der Waals surface area contributed by atoms with E-state index < -0.39 is 0 Å². The Bertz CT molecular complexity index is 313. The predicted molar refractivity (Wildman–Crippen MR) is 63.8 cm³/mol. The number of nitrogens with two attached hydrogens (primary N) is 1. The van der Waals surface area contributed by atoms with Gasteiger partial charge in [-0.1, -0.05) is 6.92 Å². The van der Waals surface area contributed by atoms with Gasteiger partial charge in [-0.15, -0.1) is 0 Å². The molecule has 1 aromatic rings. The van der Waals surface area contributed by atoms with Crippen molar-refractivity contribution in [2.24, 2.45) is 12.8 Å². The van der Waals surface area contributed by atoms with Crippen LogP contribution in [0.25, 0.3) is 0 Å². The van der Waals surface area contributed by atoms with Crippen molar-refractivity contribution < 1.29 is 5.11 Å². The number of rotatable bonds is 6. The summed E-state index contributed by atoms with van der Waals surface area (Å²) in [6, 6.07) is 0.0110. The summed E-state index contributed by atoms with van der Waals surface area (Å²) in [6.45, 7) is 2.88. The average molecular weight is 226 g/mol. The molecule has 0 aliphatic heterocycles. The van der Waals surface area contributed by atoms with E-state index in [4.69, 9.17) is 5.73 Å². The summed E-state index contributed by atoms with van der Waals surface area (Å²) >= 11 is 0. The van der Waals surface area contributed by atoms with Crippen molar-refractivity contribution >= 4 is 0 Å². The first-order valence-electron chi connectivity index (χ1n) is 5.62. The van der Waals surface area contributed by atoms with Crippen LogP contribution in [0.1, 0.15) is 18.9 Å². The Morgan fingerprint density at radius 1 is 1.62 bits per heavy atom. The normalized spacial score (nSPS) is 15.4. The minimum absolute atomic E-state index is 0.00482. The van der Waals surface area contributed by atoms with Crippen LogP contribution >= 0.6 is 0 Å². The Kier molecular flexibility index (Phi) is 4.92. The predicted octanol–water partition coefficient (Wildman–Crippen LogP) is -0.0499. The molecule has 3 N–H and O–H groups in total. The number of aryl methyl sites for hydroxylation is 1. The van der Waals surface area contributed by atoms with E-state index in [1.54, 1.807) is 4.68 Å². The van der Waals surface area contributed by atoms with Crippen molar-refractivity contribution in [2.75, 3.05) is 13.7 Å². The Labute approximate surface area is 96.9 Å². The summed E-state index contributed by atoms with van der Waals surface area (Å²) in [5.74, 6) is 0. The number of nitrogens with zero attached hydrogens (tertiary/aromatic N) is 3. The Morgan fingerprint density at radius 3 is 2.75 bits per heavy atom. The first-order chi connectivity index (χ1) is 7.58. The minimum atomic E-state index is 0.00482. The highest BCUT2D eigenvalue weighted by Crippen LogP contribution is 2.08. The molecule has 1 rings (SSSR count). The highest BCUT2D eigenvalue weighted by molar-refractivity contribution is 5.03. The monoisotopic (exact) mass is 226 g/mol. The Morgan fingerprint density at radius 2 is 2.31 bits per heavy atom. The standard InChI is InChI=1S/C11H22N4O/c1-4-10(12)11(8-16)14(2)6-9-5-13-15(3)7-9/h5,7,10-11,16H,4,6,8,12H2,1-3H3. The molecule has 0 aliphatic rings. The van der Waals surface area contributed by atoms with E-state index in [0.717, 1.165) is 18.5 Å². The summed E-state index contributed by atoms with van der Waals surface area (Å²) < 4.78 is 1.77. The molecule has 1 aromatic heterocycles. The molecule has 92 valence electrons. The van der Waals surface area contributed by atoms with Crippen molar-refractivity contribution in [2.45, 2.75) is 32.0 Å². The Hall–Kier alpha value is -0.910. The van der Waals surface area contributed by atoms with Gasteiger partial charge in [0.2, 0.25) is 0 Å². The first kappa shape index (κ1) is 13.2. The SMILES string of the molecule is CCC(N)C(CO)N(C)Cc1cnn(C)c1. The van der Waals surface area contributed by atoms with Crippen molar-refractivity contribution in [1.29, 1.82) is 0 Å². The number of aliphatic hydroxyl groups excluding tert-OH is 1. The molecule has 0 bridgehead atoms. The molecule has 0 amide bonds. The van der Waals surface area contributed by atoms with Crippen LogP contribution in [0.5, 0.6) is 0 Å². The van der Waals surface area contributed by atoms with Gasteiger partial charge in [-0.25, -0.2) is 0 Å². The Balaban J connectivity index is 2.58. The zero-order chi connectivity index (χ0) is 12.1. The first-order valence-corrected chi connectivity index (χ1v) is 5.62. The van der Waals surface area contributed by atoms with Gasteiger partial charge in [0.05, 0.1) is 12.8 Å². The van der Waals surface area contributed by atoms with E-state index in [1.165, 1.54) is 0 Å². The second-order valence-corrected chi connectivity index (χ2v) is 4.26. The smallest absolute Gasteiger partial charge is 0.0601 e. The van der Waals surface area contributed by atoms with Crippen molar-refractivity contribution in [3.63, 3.8) is 0 Å². The molecule has 1 heterocycles. The lowest BCUT2D eigenvalue weighted by molar-refractivity contribution is 0.120. The molecule has 16 heavy (non-hydrogen) atoms. The molecule has 5 nitrogen and oxygen atoms in total. The van der Waals surface area contributed by atoms with Crippen LogP contribution in [-0.4, -0.2) is 45.5 Å². The molecule has 2 atom stereocenters. The van der Waals surface area contributed by atoms with E-state index in [-0.39, 0.29) is 18.7 Å². The molecule has 0 aliphatic carbocycles. The molecule has 0 radical (unpaired) electrons. The van der Waals surface area contributed by atoms with Gasteiger partial charge in [-0.2, -0.15) is 5.10 Å². The van der Waals surface area contributed by atoms with Gasteiger partial charge in [0, 0.05) is 37.4 Å². The third-order valence-electron chi connectivity index (χ3n) is 2.91. The lowest BCUT2D eigenvalue weighted by Gasteiger charge is -2.30. The fourth-order valence-corrected chi connectivity index (χ4v) is 1.83. The van der Waals surface area contributed by atoms with Crippen LogP contribution in [0.3, 0.4) is 0 Å². The van der Waals surface area contributed by atoms with Crippen LogP contribution in [0.4, 0.5) is 0 Å². The lowest BCUT2D eigenvalue weighted by Crippen LogP contribution is -2.47. The third-order valence-corrected chi connectivity index (χ3v) is 2.91. The van der Waals surface area contributed by atoms with Gasteiger partial charge >= 0.3 is 0 Å². The van der Waals surface area contributed by atoms with E-state index >= 15 is 0 Å². The van der Waals surface area contributed by atoms with E-state index in [0.29, 0.717) is 0 Å². The van der Waals surface area contributed by atoms with Gasteiger partial charge in [0.15, 0.2) is 0 Å². The maximum absolute atomic E-state index is 9.34. The molecule has 0 fully saturated rings. The second-order valence-electron chi connectivity index (χ2n) is 4.26. The van der Waals surface area contributed by atoms with E-state index in [9.17, 15) is 5.11 Å². The number of hydrogen-bond acceptors (Lipinski definition) is 4. The zero-order valence-corrected chi connectivity index (χ0v) is 10.3. The molecule has 0 spiro atoms. The minimum Gasteiger partial charge on any atom is -0.395 e. The number of likely N-dealkylation sites (N-methyl/N-ethyl adjacent to an activating group) is 1. The fourth-order valence-electron chi connectivity index (χ4n) is 1.83. The van der Waals surface area contributed by atoms with Crippen LogP contribution in [0.2, 0.25) is 0 Å². The summed E-state index contributed by atoms with van der Waals surface area (Å²) in [5.41, 5.74) is 7.10. The number of aromatic nitrogens is 2. The summed E-state index contributed by atoms with van der Waals surface area (Å²) in [7, 11) is 3.87. The van der Waals surface area contributed by atoms with Crippen molar-refractivity contribution in [1.82, 2.24) is 14.7 Å². The third kappa shape index (κ3) is 3.30. The van der Waals surface area contributed by atoms with Crippen molar-refractivity contribution in [3.05, 3.63) is 18.0 Å². The van der Waals surface area contributed by atoms with Gasteiger partial charge < -0.3 is 10.8 Å². The molecule has 0 saturated carbocycles. The molecular formula is C11H22N4O. The molecular weight excluding hydrogens is 204 g/mol. The van der Waals surface area contributed by atoms with Gasteiger partial charge in [0.25, 0.3) is 0 Å². The number of hydrogen-bond donors (Lipinski definition) is 2. The summed E-state index contributed by atoms with van der Waals surface area (Å²) in [4.78, 5) is 2.07. The average Bonchev–Trinajstić information content (AvgIpc) is 2.64. The maximum atomic E-state index is 9.34. The van der Waals surface area contributed by atoms with Crippen LogP contribution < -0.4 is 5.73 Å². The van der Waals surface area contributed by atoms with Gasteiger partial charge in [-0.05, 0) is 13.5 Å². The highest BCUT2D eigenvalue weighted by atomic mass is 16.3. The van der Waals surface area contributed by atoms with E-state index in [1.807, 2.05) is 33.4 Å². The number of aliphatic hydroxyl groups is 1. The summed E-state index contributed by atoms with van der Waals surface area (Å²) in [6.07, 6.45) is 4.67. The lowest BCUT2D eigenvalue weighted by atomic mass is 10.1. The van der Waals surface area contributed by atoms with Gasteiger partial charge in [-0.3, -0.25) is 9.58 Å². The van der Waals surface area contributed by atoms with Gasteiger partial charge in [0.1, 0.15) is 0 Å². The fraction of sp³-hybridized carbons (Fsp3) is 0.727. The van der Waals surface area contributed by atoms with Crippen LogP contribution in [0.15, 0.2) is 12.4 Å².